The molecule has 1 aromatic rings. The van der Waals surface area contributed by atoms with Crippen molar-refractivity contribution in [2.75, 3.05) is 13.7 Å². The fourth-order valence-corrected chi connectivity index (χ4v) is 1.97. The van der Waals surface area contributed by atoms with E-state index in [1.54, 1.807) is 13.0 Å². The lowest BCUT2D eigenvalue weighted by Crippen LogP contribution is -2.19. The third-order valence-corrected chi connectivity index (χ3v) is 2.83. The molecule has 0 amide bonds. The van der Waals surface area contributed by atoms with Gasteiger partial charge in [0.25, 0.3) is 5.78 Å². The summed E-state index contributed by atoms with van der Waals surface area (Å²) in [6.07, 6.45) is 0. The van der Waals surface area contributed by atoms with Gasteiger partial charge in [-0.1, -0.05) is 25.4 Å². The number of esters is 1. The molecular formula is C14H17ClO4. The number of hydrogen-bond donors (Lipinski definition) is 0. The molecule has 1 aromatic carbocycles. The lowest BCUT2D eigenvalue weighted by atomic mass is 9.97. The van der Waals surface area contributed by atoms with Gasteiger partial charge in [-0.15, -0.1) is 0 Å². The van der Waals surface area contributed by atoms with Crippen LogP contribution in [0.3, 0.4) is 0 Å². The Morgan fingerprint density at radius 1 is 1.32 bits per heavy atom. The Labute approximate surface area is 117 Å². The van der Waals surface area contributed by atoms with Gasteiger partial charge in [0, 0.05) is 5.02 Å². The van der Waals surface area contributed by atoms with E-state index in [4.69, 9.17) is 21.1 Å². The molecule has 0 spiro atoms. The summed E-state index contributed by atoms with van der Waals surface area (Å²) in [6.45, 7) is 5.68. The number of Topliss-reactive ketones (excluding diaryl/α,β-unsaturated/α-hetero) is 1. The quantitative estimate of drug-likeness (QED) is 0.473. The Kier molecular flexibility index (Phi) is 5.36. The van der Waals surface area contributed by atoms with Gasteiger partial charge in [-0.3, -0.25) is 4.79 Å². The van der Waals surface area contributed by atoms with E-state index in [9.17, 15) is 9.59 Å². The van der Waals surface area contributed by atoms with Crippen LogP contribution in [0.25, 0.3) is 0 Å². The van der Waals surface area contributed by atoms with Crippen LogP contribution in [0.1, 0.15) is 42.6 Å². The Balaban J connectivity index is 3.34. The highest BCUT2D eigenvalue weighted by Gasteiger charge is 2.25. The van der Waals surface area contributed by atoms with Gasteiger partial charge in [0.1, 0.15) is 5.75 Å². The highest BCUT2D eigenvalue weighted by Crippen LogP contribution is 2.33. The minimum absolute atomic E-state index is 0.113. The topological polar surface area (TPSA) is 52.6 Å². The molecule has 5 heteroatoms. The summed E-state index contributed by atoms with van der Waals surface area (Å²) >= 11 is 5.99. The number of carbonyl (C=O) groups excluding carboxylic acids is 2. The lowest BCUT2D eigenvalue weighted by Gasteiger charge is -2.15. The van der Waals surface area contributed by atoms with Crippen LogP contribution >= 0.6 is 11.6 Å². The van der Waals surface area contributed by atoms with Gasteiger partial charge >= 0.3 is 5.97 Å². The molecule has 0 radical (unpaired) electrons. The minimum Gasteiger partial charge on any atom is -0.496 e. The van der Waals surface area contributed by atoms with Crippen LogP contribution in [0, 0.1) is 0 Å². The van der Waals surface area contributed by atoms with Crippen LogP contribution in [0.15, 0.2) is 12.1 Å². The molecule has 0 N–H and O–H groups in total. The van der Waals surface area contributed by atoms with Gasteiger partial charge in [0.2, 0.25) is 0 Å². The first-order valence-electron chi connectivity index (χ1n) is 6.01. The zero-order chi connectivity index (χ0) is 14.6. The van der Waals surface area contributed by atoms with E-state index in [-0.39, 0.29) is 18.1 Å². The number of ether oxygens (including phenoxy) is 2. The number of carbonyl (C=O) groups is 2. The van der Waals surface area contributed by atoms with Crippen molar-refractivity contribution in [2.45, 2.75) is 26.7 Å². The molecule has 0 aliphatic rings. The summed E-state index contributed by atoms with van der Waals surface area (Å²) in [6, 6.07) is 3.15. The van der Waals surface area contributed by atoms with Crippen LogP contribution in [0.2, 0.25) is 5.02 Å². The Morgan fingerprint density at radius 3 is 2.42 bits per heavy atom. The van der Waals surface area contributed by atoms with Gasteiger partial charge in [0.15, 0.2) is 0 Å². The van der Waals surface area contributed by atoms with Crippen molar-refractivity contribution in [3.8, 4) is 5.75 Å². The monoisotopic (exact) mass is 284 g/mol. The Bertz CT molecular complexity index is 494. The molecule has 0 unspecified atom stereocenters. The van der Waals surface area contributed by atoms with Gasteiger partial charge in [-0.2, -0.15) is 0 Å². The molecule has 0 heterocycles. The first-order valence-corrected chi connectivity index (χ1v) is 6.39. The van der Waals surface area contributed by atoms with Crippen LogP contribution in [-0.4, -0.2) is 25.5 Å². The van der Waals surface area contributed by atoms with E-state index in [1.165, 1.54) is 13.2 Å². The summed E-state index contributed by atoms with van der Waals surface area (Å²) in [5, 5.41) is 0.386. The first kappa shape index (κ1) is 15.5. The van der Waals surface area contributed by atoms with E-state index < -0.39 is 11.8 Å². The summed E-state index contributed by atoms with van der Waals surface area (Å²) in [4.78, 5) is 23.6. The molecule has 0 bridgehead atoms. The zero-order valence-corrected chi connectivity index (χ0v) is 12.2. The maximum Gasteiger partial charge on any atom is 0.379 e. The molecule has 104 valence electrons. The SMILES string of the molecule is CCOC(=O)C(=O)c1cc(Cl)cc(C(C)C)c1OC. The molecule has 0 fully saturated rings. The molecule has 4 nitrogen and oxygen atoms in total. The zero-order valence-electron chi connectivity index (χ0n) is 11.5. The van der Waals surface area contributed by atoms with Gasteiger partial charge in [-0.05, 0) is 30.5 Å². The summed E-state index contributed by atoms with van der Waals surface area (Å²) in [5.41, 5.74) is 0.916. The molecule has 0 saturated heterocycles. The fourth-order valence-electron chi connectivity index (χ4n) is 1.75. The molecule has 1 rings (SSSR count). The molecular weight excluding hydrogens is 268 g/mol. The van der Waals surface area contributed by atoms with E-state index in [0.29, 0.717) is 10.8 Å². The third-order valence-electron chi connectivity index (χ3n) is 2.61. The normalized spacial score (nSPS) is 10.4. The maximum absolute atomic E-state index is 12.0. The van der Waals surface area contributed by atoms with Crippen LogP contribution in [0.4, 0.5) is 0 Å². The second-order valence-corrected chi connectivity index (χ2v) is 4.72. The van der Waals surface area contributed by atoms with Gasteiger partial charge in [0.05, 0.1) is 19.3 Å². The van der Waals surface area contributed by atoms with E-state index in [2.05, 4.69) is 0 Å². The lowest BCUT2D eigenvalue weighted by molar-refractivity contribution is -0.137. The van der Waals surface area contributed by atoms with E-state index in [1.807, 2.05) is 13.8 Å². The summed E-state index contributed by atoms with van der Waals surface area (Å²) < 4.78 is 9.97. The van der Waals surface area contributed by atoms with Crippen molar-refractivity contribution in [1.29, 1.82) is 0 Å². The second-order valence-electron chi connectivity index (χ2n) is 4.28. The number of halogens is 1. The van der Waals surface area contributed by atoms with E-state index in [0.717, 1.165) is 5.56 Å². The van der Waals surface area contributed by atoms with Crippen molar-refractivity contribution < 1.29 is 19.1 Å². The molecule has 0 aliphatic heterocycles. The van der Waals surface area contributed by atoms with Crippen LogP contribution < -0.4 is 4.74 Å². The summed E-state index contributed by atoms with van der Waals surface area (Å²) in [7, 11) is 1.46. The standard InChI is InChI=1S/C14H17ClO4/c1-5-19-14(17)12(16)11-7-9(15)6-10(8(2)3)13(11)18-4/h6-8H,5H2,1-4H3. The number of hydrogen-bond acceptors (Lipinski definition) is 4. The fraction of sp³-hybridized carbons (Fsp3) is 0.429. The van der Waals surface area contributed by atoms with Crippen molar-refractivity contribution in [1.82, 2.24) is 0 Å². The van der Waals surface area contributed by atoms with Crippen molar-refractivity contribution in [3.63, 3.8) is 0 Å². The third kappa shape index (κ3) is 3.47. The molecule has 0 aliphatic carbocycles. The van der Waals surface area contributed by atoms with E-state index >= 15 is 0 Å². The van der Waals surface area contributed by atoms with Gasteiger partial charge in [-0.25, -0.2) is 4.79 Å². The number of ketones is 1. The van der Waals surface area contributed by atoms with Gasteiger partial charge < -0.3 is 9.47 Å². The largest absolute Gasteiger partial charge is 0.496 e. The molecule has 0 aromatic heterocycles. The van der Waals surface area contributed by atoms with Crippen LogP contribution in [0.5, 0.6) is 5.75 Å². The molecule has 19 heavy (non-hydrogen) atoms. The van der Waals surface area contributed by atoms with Crippen LogP contribution in [-0.2, 0) is 9.53 Å². The second kappa shape index (κ2) is 6.57. The highest BCUT2D eigenvalue weighted by atomic mass is 35.5. The predicted octanol–water partition coefficient (Wildman–Crippen LogP) is 3.22. The van der Waals surface area contributed by atoms with Crippen molar-refractivity contribution >= 4 is 23.4 Å². The number of methoxy groups -OCH3 is 1. The maximum atomic E-state index is 12.0. The predicted molar refractivity (Wildman–Crippen MR) is 73.1 cm³/mol. The number of rotatable bonds is 5. The number of benzene rings is 1. The van der Waals surface area contributed by atoms with Crippen molar-refractivity contribution in [2.24, 2.45) is 0 Å². The summed E-state index contributed by atoms with van der Waals surface area (Å²) in [5.74, 6) is -1.17. The smallest absolute Gasteiger partial charge is 0.379 e. The Morgan fingerprint density at radius 2 is 1.95 bits per heavy atom. The first-order chi connectivity index (χ1) is 8.92. The molecule has 0 atom stereocenters. The minimum atomic E-state index is -0.905. The average Bonchev–Trinajstić information content (AvgIpc) is 2.36. The van der Waals surface area contributed by atoms with Crippen molar-refractivity contribution in [3.05, 3.63) is 28.3 Å². The molecule has 0 saturated carbocycles. The average molecular weight is 285 g/mol. The Hall–Kier alpha value is -1.55. The highest BCUT2D eigenvalue weighted by molar-refractivity contribution is 6.42.